The molecule has 4 rings (SSSR count). The maximum Gasteiger partial charge on any atom is 0.279 e. The van der Waals surface area contributed by atoms with E-state index in [2.05, 4.69) is 31.0 Å². The van der Waals surface area contributed by atoms with Crippen molar-refractivity contribution in [3.05, 3.63) is 57.9 Å². The van der Waals surface area contributed by atoms with Crippen molar-refractivity contribution in [2.24, 2.45) is 12.0 Å². The zero-order chi connectivity index (χ0) is 23.8. The molecule has 0 spiro atoms. The highest BCUT2D eigenvalue weighted by molar-refractivity contribution is 7.89. The molecule has 1 aliphatic rings. The second-order valence-corrected chi connectivity index (χ2v) is 11.7. The zero-order valence-corrected chi connectivity index (χ0v) is 21.3. The average Bonchev–Trinajstić information content (AvgIpc) is 3.10. The lowest BCUT2D eigenvalue weighted by Gasteiger charge is -2.32. The number of nitrogens with zero attached hydrogens (tertiary/aromatic N) is 3. The first kappa shape index (κ1) is 23.9. The quantitative estimate of drug-likeness (QED) is 0.514. The maximum absolute atomic E-state index is 13.3. The summed E-state index contributed by atoms with van der Waals surface area (Å²) in [7, 11) is -1.69. The van der Waals surface area contributed by atoms with Gasteiger partial charge in [-0.15, -0.1) is 0 Å². The standard InChI is InChI=1S/C25H31N3O3S2/c1-5-28(20-9-7-6-8-10-20)33(30,31)21-13-11-19(12-14-21)24(29)26-25-27(4)22-16-17(2)15-18(3)23(22)32-25/h11-16,20H,5-10H2,1-4H3. The van der Waals surface area contributed by atoms with Crippen LogP contribution in [-0.2, 0) is 17.1 Å². The molecule has 3 aromatic rings. The van der Waals surface area contributed by atoms with Crippen molar-refractivity contribution in [1.82, 2.24) is 8.87 Å². The van der Waals surface area contributed by atoms with Crippen LogP contribution in [0.4, 0.5) is 0 Å². The summed E-state index contributed by atoms with van der Waals surface area (Å²) in [5, 5.41) is 0. The molecule has 6 nitrogen and oxygen atoms in total. The van der Waals surface area contributed by atoms with Gasteiger partial charge >= 0.3 is 0 Å². The molecule has 0 N–H and O–H groups in total. The second kappa shape index (κ2) is 9.52. The smallest absolute Gasteiger partial charge is 0.279 e. The largest absolute Gasteiger partial charge is 0.319 e. The van der Waals surface area contributed by atoms with Crippen LogP contribution in [-0.4, -0.2) is 35.8 Å². The Morgan fingerprint density at radius 1 is 1.12 bits per heavy atom. The molecule has 2 aromatic carbocycles. The Labute approximate surface area is 199 Å². The van der Waals surface area contributed by atoms with E-state index in [9.17, 15) is 13.2 Å². The minimum Gasteiger partial charge on any atom is -0.319 e. The molecule has 0 unspecified atom stereocenters. The second-order valence-electron chi connectivity index (χ2n) is 8.82. The van der Waals surface area contributed by atoms with E-state index in [4.69, 9.17) is 0 Å². The summed E-state index contributed by atoms with van der Waals surface area (Å²) in [5.41, 5.74) is 3.75. The molecular weight excluding hydrogens is 454 g/mol. The van der Waals surface area contributed by atoms with E-state index >= 15 is 0 Å². The van der Waals surface area contributed by atoms with Crippen LogP contribution in [0.15, 0.2) is 46.3 Å². The number of thiazole rings is 1. The first-order chi connectivity index (χ1) is 15.7. The third-order valence-corrected chi connectivity index (χ3v) is 9.76. The predicted molar refractivity (Wildman–Crippen MR) is 133 cm³/mol. The molecule has 0 aliphatic heterocycles. The number of amides is 1. The molecule has 176 valence electrons. The highest BCUT2D eigenvalue weighted by atomic mass is 32.2. The number of carbonyl (C=O) groups is 1. The summed E-state index contributed by atoms with van der Waals surface area (Å²) in [6, 6.07) is 10.5. The van der Waals surface area contributed by atoms with Crippen LogP contribution in [0.1, 0.15) is 60.5 Å². The Balaban J connectivity index is 1.62. The fourth-order valence-electron chi connectivity index (χ4n) is 4.72. The molecule has 1 aliphatic carbocycles. The molecule has 1 saturated carbocycles. The number of fused-ring (bicyclic) bond motifs is 1. The molecular formula is C25H31N3O3S2. The summed E-state index contributed by atoms with van der Waals surface area (Å²) in [4.78, 5) is 18.0. The first-order valence-electron chi connectivity index (χ1n) is 11.5. The molecule has 0 bridgehead atoms. The Hall–Kier alpha value is -2.29. The van der Waals surface area contributed by atoms with Gasteiger partial charge in [0.15, 0.2) is 4.80 Å². The fourth-order valence-corrected chi connectivity index (χ4v) is 7.48. The van der Waals surface area contributed by atoms with Crippen LogP contribution in [0, 0.1) is 13.8 Å². The number of aryl methyl sites for hydroxylation is 3. The SMILES string of the molecule is CCN(C1CCCCC1)S(=O)(=O)c1ccc(C(=O)N=c2sc3c(C)cc(C)cc3n2C)cc1. The van der Waals surface area contributed by atoms with Gasteiger partial charge in [0.25, 0.3) is 5.91 Å². The van der Waals surface area contributed by atoms with E-state index in [1.54, 1.807) is 16.4 Å². The van der Waals surface area contributed by atoms with E-state index < -0.39 is 10.0 Å². The number of sulfonamides is 1. The van der Waals surface area contributed by atoms with E-state index in [0.717, 1.165) is 47.0 Å². The molecule has 1 amide bonds. The van der Waals surface area contributed by atoms with Crippen molar-refractivity contribution in [3.63, 3.8) is 0 Å². The number of carbonyl (C=O) groups excluding carboxylic acids is 1. The van der Waals surface area contributed by atoms with Gasteiger partial charge in [-0.2, -0.15) is 9.30 Å². The first-order valence-corrected chi connectivity index (χ1v) is 13.8. The molecule has 0 saturated heterocycles. The van der Waals surface area contributed by atoms with Gasteiger partial charge in [-0.3, -0.25) is 4.79 Å². The van der Waals surface area contributed by atoms with Gasteiger partial charge in [0.1, 0.15) is 0 Å². The van der Waals surface area contributed by atoms with Crippen LogP contribution >= 0.6 is 11.3 Å². The monoisotopic (exact) mass is 485 g/mol. The molecule has 33 heavy (non-hydrogen) atoms. The summed E-state index contributed by atoms with van der Waals surface area (Å²) >= 11 is 1.49. The number of benzene rings is 2. The van der Waals surface area contributed by atoms with Crippen LogP contribution in [0.25, 0.3) is 10.2 Å². The lowest BCUT2D eigenvalue weighted by atomic mass is 9.95. The Kier molecular flexibility index (Phi) is 6.88. The summed E-state index contributed by atoms with van der Waals surface area (Å²) in [6.45, 7) is 6.45. The normalized spacial score (nSPS) is 16.1. The van der Waals surface area contributed by atoms with Crippen molar-refractivity contribution >= 4 is 37.5 Å². The minimum atomic E-state index is -3.60. The van der Waals surface area contributed by atoms with Crippen LogP contribution in [0.5, 0.6) is 0 Å². The van der Waals surface area contributed by atoms with Crippen molar-refractivity contribution in [2.75, 3.05) is 6.54 Å². The van der Waals surface area contributed by atoms with Crippen molar-refractivity contribution in [3.8, 4) is 0 Å². The van der Waals surface area contributed by atoms with Crippen LogP contribution in [0.2, 0.25) is 0 Å². The van der Waals surface area contributed by atoms with E-state index in [0.29, 0.717) is 16.9 Å². The van der Waals surface area contributed by atoms with Gasteiger partial charge in [-0.05, 0) is 68.1 Å². The third kappa shape index (κ3) is 4.69. The summed E-state index contributed by atoms with van der Waals surface area (Å²) in [6.07, 6.45) is 5.13. The number of rotatable bonds is 5. The van der Waals surface area contributed by atoms with Crippen molar-refractivity contribution < 1.29 is 13.2 Å². The topological polar surface area (TPSA) is 71.7 Å². The fraction of sp³-hybridized carbons (Fsp3) is 0.440. The van der Waals surface area contributed by atoms with Crippen LogP contribution < -0.4 is 4.80 Å². The minimum absolute atomic E-state index is 0.0603. The zero-order valence-electron chi connectivity index (χ0n) is 19.7. The Morgan fingerprint density at radius 2 is 1.79 bits per heavy atom. The van der Waals surface area contributed by atoms with Gasteiger partial charge in [-0.25, -0.2) is 8.42 Å². The van der Waals surface area contributed by atoms with Gasteiger partial charge in [0.2, 0.25) is 10.0 Å². The number of hydrogen-bond acceptors (Lipinski definition) is 4. The molecule has 0 radical (unpaired) electrons. The third-order valence-electron chi connectivity index (χ3n) is 6.44. The Morgan fingerprint density at radius 3 is 2.42 bits per heavy atom. The summed E-state index contributed by atoms with van der Waals surface area (Å²) < 4.78 is 31.2. The lowest BCUT2D eigenvalue weighted by Crippen LogP contribution is -2.41. The number of hydrogen-bond donors (Lipinski definition) is 0. The van der Waals surface area contributed by atoms with Gasteiger partial charge in [0, 0.05) is 25.2 Å². The molecule has 1 fully saturated rings. The van der Waals surface area contributed by atoms with Crippen molar-refractivity contribution in [1.29, 1.82) is 0 Å². The maximum atomic E-state index is 13.3. The number of aromatic nitrogens is 1. The van der Waals surface area contributed by atoms with E-state index in [1.165, 1.54) is 29.9 Å². The van der Waals surface area contributed by atoms with Crippen LogP contribution in [0.3, 0.4) is 0 Å². The molecule has 0 atom stereocenters. The summed E-state index contributed by atoms with van der Waals surface area (Å²) in [5.74, 6) is -0.380. The lowest BCUT2D eigenvalue weighted by molar-refractivity contribution is 0.0998. The van der Waals surface area contributed by atoms with Gasteiger partial charge in [-0.1, -0.05) is 43.6 Å². The predicted octanol–water partition coefficient (Wildman–Crippen LogP) is 4.94. The van der Waals surface area contributed by atoms with Gasteiger partial charge < -0.3 is 4.57 Å². The molecule has 1 aromatic heterocycles. The van der Waals surface area contributed by atoms with E-state index in [1.807, 2.05) is 18.5 Å². The van der Waals surface area contributed by atoms with Crippen molar-refractivity contribution in [2.45, 2.75) is 63.8 Å². The van der Waals surface area contributed by atoms with Gasteiger partial charge in [0.05, 0.1) is 15.1 Å². The highest BCUT2D eigenvalue weighted by Crippen LogP contribution is 2.28. The van der Waals surface area contributed by atoms with E-state index in [-0.39, 0.29) is 16.8 Å². The molecule has 8 heteroatoms. The highest BCUT2D eigenvalue weighted by Gasteiger charge is 2.31. The molecule has 1 heterocycles. The average molecular weight is 486 g/mol. The Bertz CT molecular complexity index is 1350.